The fourth-order valence-electron chi connectivity index (χ4n) is 13.7. The summed E-state index contributed by atoms with van der Waals surface area (Å²) < 4.78 is 0. The van der Waals surface area contributed by atoms with Gasteiger partial charge in [0.1, 0.15) is 23.3 Å². The second-order valence-corrected chi connectivity index (χ2v) is 31.7. The van der Waals surface area contributed by atoms with Gasteiger partial charge in [-0.15, -0.1) is 0 Å². The predicted octanol–water partition coefficient (Wildman–Crippen LogP) is 24.1. The van der Waals surface area contributed by atoms with Crippen molar-refractivity contribution < 1.29 is 0 Å². The van der Waals surface area contributed by atoms with Crippen molar-refractivity contribution >= 4 is 130 Å². The van der Waals surface area contributed by atoms with Crippen molar-refractivity contribution in [1.82, 2.24) is 59.8 Å². The van der Waals surface area contributed by atoms with Crippen LogP contribution in [0.4, 0.5) is 40.2 Å². The van der Waals surface area contributed by atoms with E-state index in [4.69, 9.17) is 61.4 Å². The Labute approximate surface area is 728 Å². The van der Waals surface area contributed by atoms with Gasteiger partial charge in [-0.25, -0.2) is 34.9 Å². The van der Waals surface area contributed by atoms with Gasteiger partial charge in [-0.1, -0.05) is 166 Å². The predicted molar refractivity (Wildman–Crippen MR) is 502 cm³/mol. The number of anilines is 7. The van der Waals surface area contributed by atoms with Gasteiger partial charge in [-0.05, 0) is 216 Å². The zero-order valence-corrected chi connectivity index (χ0v) is 71.7. The molecule has 0 saturated heterocycles. The SMILES string of the molecule is Cc1ccc(Cc2ccnc(CCCCCNc3ccnc4cc(Cl)ccc34)n2)cc1.Cc1ccc(Cc2ccnc(CCCCCNc3ccnc4cc(Cl)ccc34)n2)cc1.Cc1ccc(Cc2ccnc(CCCNc3ccnc4cc(Cl)ccc34)n2)cc1.Cc1ccc(Nc2ccnc(NCCCNc3ccnc4cc(Cl)ccc34)n2)cc1. The number of hydrogen-bond acceptors (Lipinski definition) is 18. The van der Waals surface area contributed by atoms with Crippen LogP contribution in [-0.4, -0.2) is 92.5 Å². The highest BCUT2D eigenvalue weighted by Crippen LogP contribution is 2.30. The molecule has 8 aromatic heterocycles. The number of rotatable bonds is 33. The van der Waals surface area contributed by atoms with E-state index < -0.39 is 0 Å². The molecule has 16 rings (SSSR count). The molecule has 0 unspecified atom stereocenters. The first-order valence-electron chi connectivity index (χ1n) is 41.3. The zero-order chi connectivity index (χ0) is 83.8. The van der Waals surface area contributed by atoms with E-state index in [2.05, 4.69) is 189 Å². The van der Waals surface area contributed by atoms with Crippen LogP contribution < -0.4 is 31.9 Å². The molecular weight excluding hydrogens is 1580 g/mol. The minimum Gasteiger partial charge on any atom is -0.384 e. The first kappa shape index (κ1) is 86.5. The molecule has 16 aromatic rings. The molecule has 0 saturated carbocycles. The lowest BCUT2D eigenvalue weighted by molar-refractivity contribution is 0.676. The lowest BCUT2D eigenvalue weighted by atomic mass is 10.1. The Morgan fingerprint density at radius 1 is 0.256 bits per heavy atom. The van der Waals surface area contributed by atoms with Crippen LogP contribution >= 0.6 is 46.4 Å². The molecule has 0 fully saturated rings. The molecule has 6 N–H and O–H groups in total. The van der Waals surface area contributed by atoms with Crippen molar-refractivity contribution in [3.05, 3.63) is 362 Å². The summed E-state index contributed by atoms with van der Waals surface area (Å²) in [5, 5.41) is 27.8. The van der Waals surface area contributed by atoms with E-state index in [1.54, 1.807) is 18.6 Å². The highest BCUT2D eigenvalue weighted by atomic mass is 35.5. The Morgan fingerprint density at radius 3 is 0.926 bits per heavy atom. The quantitative estimate of drug-likeness (QED) is 0.0210. The standard InChI is InChI=1S/2C26H27ClN4.C24H23ClN4.C23H23ClN6/c2*1-19-6-8-20(9-7-19)17-22-12-15-30-26(31-22)5-3-2-4-14-28-24-13-16-29-25-18-21(27)10-11-23(24)25;1-17-4-6-18(7-5-17)15-20-10-13-28-24(29-20)3-2-12-26-22-11-14-27-23-16-19(25)8-9-21(22)23;1-16-3-6-18(7-4-16)29-22-10-14-28-23(30-22)27-12-2-11-25-20-9-13-26-21-15-17(24)5-8-19(20)21/h2*6-13,15-16,18H,2-5,14,17H2,1H3,(H,28,29);4-11,13-14,16H,2-3,12,15H2,1H3,(H,26,27);3-10,13-15H,2,11-12H2,1H3,(H,25,26)(H2,27,28,29,30). The van der Waals surface area contributed by atoms with Crippen LogP contribution in [-0.2, 0) is 38.5 Å². The number of aromatic nitrogens is 12. The number of hydrogen-bond donors (Lipinski definition) is 6. The summed E-state index contributed by atoms with van der Waals surface area (Å²) in [6.45, 7) is 12.7. The van der Waals surface area contributed by atoms with Crippen molar-refractivity contribution in [3.8, 4) is 0 Å². The van der Waals surface area contributed by atoms with Crippen LogP contribution in [0.25, 0.3) is 43.6 Å². The van der Waals surface area contributed by atoms with Gasteiger partial charge >= 0.3 is 0 Å². The van der Waals surface area contributed by atoms with Crippen LogP contribution in [0.2, 0.25) is 20.1 Å². The molecule has 0 radical (unpaired) electrons. The maximum atomic E-state index is 6.07. The number of unbranched alkanes of at least 4 members (excludes halogenated alkanes) is 4. The summed E-state index contributed by atoms with van der Waals surface area (Å²) in [5.41, 5.74) is 21.1. The number of halogens is 4. The van der Waals surface area contributed by atoms with E-state index in [0.29, 0.717) is 26.0 Å². The van der Waals surface area contributed by atoms with E-state index in [-0.39, 0.29) is 0 Å². The van der Waals surface area contributed by atoms with E-state index in [9.17, 15) is 0 Å². The molecule has 0 aliphatic carbocycles. The minimum atomic E-state index is 0.608. The van der Waals surface area contributed by atoms with Gasteiger partial charge in [0, 0.05) is 208 Å². The summed E-state index contributed by atoms with van der Waals surface area (Å²) in [5.74, 6) is 4.14. The van der Waals surface area contributed by atoms with Crippen molar-refractivity contribution in [2.24, 2.45) is 0 Å². The Morgan fingerprint density at radius 2 is 0.562 bits per heavy atom. The second-order valence-electron chi connectivity index (χ2n) is 29.9. The molecule has 121 heavy (non-hydrogen) atoms. The van der Waals surface area contributed by atoms with Crippen LogP contribution in [0.1, 0.15) is 125 Å². The zero-order valence-electron chi connectivity index (χ0n) is 68.7. The van der Waals surface area contributed by atoms with Gasteiger partial charge in [-0.2, -0.15) is 4.98 Å². The Kier molecular flexibility index (Phi) is 32.3. The molecule has 0 aliphatic rings. The lowest BCUT2D eigenvalue weighted by Crippen LogP contribution is -2.11. The van der Waals surface area contributed by atoms with Crippen molar-refractivity contribution in [2.75, 3.05) is 64.6 Å². The van der Waals surface area contributed by atoms with Gasteiger partial charge in [0.2, 0.25) is 5.95 Å². The van der Waals surface area contributed by atoms with Gasteiger partial charge in [-0.3, -0.25) is 19.9 Å². The maximum Gasteiger partial charge on any atom is 0.224 e. The molecular formula is C99H100Cl4N18. The first-order valence-corrected chi connectivity index (χ1v) is 42.8. The third kappa shape index (κ3) is 27.6. The van der Waals surface area contributed by atoms with Crippen molar-refractivity contribution in [1.29, 1.82) is 0 Å². The van der Waals surface area contributed by atoms with Crippen molar-refractivity contribution in [3.63, 3.8) is 0 Å². The average Bonchev–Trinajstić information content (AvgIpc) is 0.829. The average molecular weight is 1680 g/mol. The Hall–Kier alpha value is -12.3. The minimum absolute atomic E-state index is 0.608. The molecule has 8 aromatic carbocycles. The van der Waals surface area contributed by atoms with E-state index >= 15 is 0 Å². The highest BCUT2D eigenvalue weighted by Gasteiger charge is 2.12. The monoisotopic (exact) mass is 1680 g/mol. The third-order valence-electron chi connectivity index (χ3n) is 20.2. The number of benzene rings is 8. The van der Waals surface area contributed by atoms with Gasteiger partial charge < -0.3 is 31.9 Å². The summed E-state index contributed by atoms with van der Waals surface area (Å²) in [4.78, 5) is 53.9. The fraction of sp³-hybridized carbons (Fsp3) is 0.232. The van der Waals surface area contributed by atoms with Gasteiger partial charge in [0.15, 0.2) is 0 Å². The molecule has 0 aliphatic heterocycles. The molecule has 0 bridgehead atoms. The van der Waals surface area contributed by atoms with Crippen LogP contribution in [0, 0.1) is 27.7 Å². The van der Waals surface area contributed by atoms with E-state index in [1.165, 1.54) is 38.9 Å². The highest BCUT2D eigenvalue weighted by molar-refractivity contribution is 6.32. The number of aryl methyl sites for hydroxylation is 7. The lowest BCUT2D eigenvalue weighted by Gasteiger charge is -2.11. The summed E-state index contributed by atoms with van der Waals surface area (Å²) >= 11 is 24.3. The number of nitrogens with zero attached hydrogens (tertiary/aromatic N) is 12. The fourth-order valence-corrected chi connectivity index (χ4v) is 14.4. The molecule has 22 heteroatoms. The van der Waals surface area contributed by atoms with E-state index in [0.717, 1.165) is 235 Å². The number of fused-ring (bicyclic) bond motifs is 4. The molecule has 0 spiro atoms. The van der Waals surface area contributed by atoms with Gasteiger partial charge in [0.25, 0.3) is 0 Å². The van der Waals surface area contributed by atoms with Crippen LogP contribution in [0.15, 0.2) is 268 Å². The Balaban J connectivity index is 0.000000139. The molecule has 614 valence electrons. The first-order chi connectivity index (χ1) is 59.2. The van der Waals surface area contributed by atoms with Crippen LogP contribution in [0.5, 0.6) is 0 Å². The summed E-state index contributed by atoms with van der Waals surface area (Å²) in [7, 11) is 0. The van der Waals surface area contributed by atoms with E-state index in [1.807, 2.05) is 164 Å². The largest absolute Gasteiger partial charge is 0.384 e. The maximum absolute atomic E-state index is 6.07. The topological polar surface area (TPSA) is 227 Å². The third-order valence-corrected chi connectivity index (χ3v) is 21.2. The molecule has 0 amide bonds. The Bertz CT molecular complexity index is 5800. The normalized spacial score (nSPS) is 10.9. The van der Waals surface area contributed by atoms with Crippen LogP contribution in [0.3, 0.4) is 0 Å². The smallest absolute Gasteiger partial charge is 0.224 e. The number of pyridine rings is 4. The van der Waals surface area contributed by atoms with Gasteiger partial charge in [0.05, 0.1) is 22.1 Å². The second kappa shape index (κ2) is 45.2. The summed E-state index contributed by atoms with van der Waals surface area (Å²) in [6.07, 6.45) is 28.3. The van der Waals surface area contributed by atoms with Crippen molar-refractivity contribution in [2.45, 2.75) is 118 Å². The molecule has 8 heterocycles. The number of nitrogens with one attached hydrogen (secondary N) is 6. The molecule has 18 nitrogen and oxygen atoms in total. The molecule has 0 atom stereocenters. The summed E-state index contributed by atoms with van der Waals surface area (Å²) in [6, 6.07) is 73.1.